The lowest BCUT2D eigenvalue weighted by Gasteiger charge is -2.28. The molecule has 0 aliphatic heterocycles. The normalized spacial score (nSPS) is 21.1. The fourth-order valence-electron chi connectivity index (χ4n) is 1.68. The van der Waals surface area contributed by atoms with Gasteiger partial charge in [-0.05, 0) is 38.5 Å². The number of hydrogen-bond donors (Lipinski definition) is 1. The summed E-state index contributed by atoms with van der Waals surface area (Å²) < 4.78 is 11.2. The smallest absolute Gasteiger partial charge is 0.322 e. The van der Waals surface area contributed by atoms with Crippen LogP contribution >= 0.6 is 0 Å². The lowest BCUT2D eigenvalue weighted by Crippen LogP contribution is -2.40. The van der Waals surface area contributed by atoms with Gasteiger partial charge in [-0.25, -0.2) is 0 Å². The van der Waals surface area contributed by atoms with Gasteiger partial charge in [-0.1, -0.05) is 13.8 Å². The average molecular weight is 243 g/mol. The van der Waals surface area contributed by atoms with Gasteiger partial charge < -0.3 is 15.2 Å². The molecule has 1 fully saturated rings. The molecule has 17 heavy (non-hydrogen) atoms. The van der Waals surface area contributed by atoms with Gasteiger partial charge in [0.05, 0.1) is 6.10 Å². The predicted octanol–water partition coefficient (Wildman–Crippen LogP) is 1.72. The average Bonchev–Trinajstić information content (AvgIpc) is 3.05. The van der Waals surface area contributed by atoms with E-state index in [-0.39, 0.29) is 24.1 Å². The zero-order chi connectivity index (χ0) is 13.0. The highest BCUT2D eigenvalue weighted by atomic mass is 16.6. The fraction of sp³-hybridized carbons (Fsp3) is 0.923. The molecule has 4 nitrogen and oxygen atoms in total. The number of carbonyl (C=O) groups is 1. The molecular formula is C13H25NO3. The molecule has 0 unspecified atom stereocenters. The van der Waals surface area contributed by atoms with Crippen molar-refractivity contribution in [1.29, 1.82) is 0 Å². The van der Waals surface area contributed by atoms with E-state index in [2.05, 4.69) is 0 Å². The van der Waals surface area contributed by atoms with Crippen molar-refractivity contribution in [3.8, 4) is 0 Å². The number of esters is 1. The van der Waals surface area contributed by atoms with Crippen molar-refractivity contribution in [3.63, 3.8) is 0 Å². The molecule has 0 aromatic carbocycles. The molecule has 100 valence electrons. The van der Waals surface area contributed by atoms with Gasteiger partial charge in [-0.15, -0.1) is 0 Å². The summed E-state index contributed by atoms with van der Waals surface area (Å²) in [6, 6.07) is -0.577. The number of nitrogens with two attached hydrogens (primary N) is 1. The van der Waals surface area contributed by atoms with E-state index in [0.29, 0.717) is 0 Å². The van der Waals surface area contributed by atoms with E-state index in [9.17, 15) is 4.79 Å². The quantitative estimate of drug-likeness (QED) is 0.692. The van der Waals surface area contributed by atoms with Gasteiger partial charge in [0.2, 0.25) is 0 Å². The summed E-state index contributed by atoms with van der Waals surface area (Å²) >= 11 is 0. The maximum atomic E-state index is 11.5. The molecular weight excluding hydrogens is 218 g/mol. The predicted molar refractivity (Wildman–Crippen MR) is 66.5 cm³/mol. The van der Waals surface area contributed by atoms with Crippen LogP contribution in [-0.4, -0.2) is 30.8 Å². The summed E-state index contributed by atoms with van der Waals surface area (Å²) in [6.07, 6.45) is 2.24. The second kappa shape index (κ2) is 6.36. The van der Waals surface area contributed by atoms with Gasteiger partial charge in [0.15, 0.2) is 0 Å². The zero-order valence-electron chi connectivity index (χ0n) is 11.3. The van der Waals surface area contributed by atoms with Gasteiger partial charge in [-0.3, -0.25) is 4.79 Å². The third-order valence-corrected chi connectivity index (χ3v) is 3.04. The molecule has 0 spiro atoms. The van der Waals surface area contributed by atoms with Crippen LogP contribution in [0.5, 0.6) is 0 Å². The second-order valence-electron chi connectivity index (χ2n) is 5.42. The summed E-state index contributed by atoms with van der Waals surface area (Å²) in [7, 11) is 0. The van der Waals surface area contributed by atoms with Crippen molar-refractivity contribution in [2.45, 2.75) is 58.8 Å². The molecule has 3 atom stereocenters. The molecule has 0 heterocycles. The number of rotatable bonds is 7. The van der Waals surface area contributed by atoms with Crippen LogP contribution in [0.4, 0.5) is 0 Å². The first kappa shape index (κ1) is 14.5. The maximum Gasteiger partial charge on any atom is 0.322 e. The van der Waals surface area contributed by atoms with E-state index in [1.54, 1.807) is 6.92 Å². The Morgan fingerprint density at radius 2 is 1.88 bits per heavy atom. The minimum Gasteiger partial charge on any atom is -0.458 e. The first-order valence-corrected chi connectivity index (χ1v) is 6.49. The molecule has 0 aromatic rings. The van der Waals surface area contributed by atoms with Crippen molar-refractivity contribution in [3.05, 3.63) is 0 Å². The molecule has 0 saturated heterocycles. The van der Waals surface area contributed by atoms with Crippen molar-refractivity contribution in [2.24, 2.45) is 17.6 Å². The van der Waals surface area contributed by atoms with Crippen molar-refractivity contribution >= 4 is 5.97 Å². The van der Waals surface area contributed by atoms with Crippen LogP contribution < -0.4 is 5.73 Å². The topological polar surface area (TPSA) is 61.5 Å². The Morgan fingerprint density at radius 3 is 2.29 bits per heavy atom. The van der Waals surface area contributed by atoms with Crippen molar-refractivity contribution in [2.75, 3.05) is 6.61 Å². The van der Waals surface area contributed by atoms with E-state index in [4.69, 9.17) is 15.2 Å². The minimum absolute atomic E-state index is 0.0710. The van der Waals surface area contributed by atoms with Crippen LogP contribution in [0.25, 0.3) is 0 Å². The molecule has 0 bridgehead atoms. The second-order valence-corrected chi connectivity index (χ2v) is 5.42. The van der Waals surface area contributed by atoms with E-state index >= 15 is 0 Å². The van der Waals surface area contributed by atoms with Gasteiger partial charge in [0.1, 0.15) is 12.1 Å². The maximum absolute atomic E-state index is 11.5. The van der Waals surface area contributed by atoms with Crippen molar-refractivity contribution < 1.29 is 14.3 Å². The highest BCUT2D eigenvalue weighted by Gasteiger charge is 2.29. The number of ether oxygens (including phenoxy) is 2. The Bertz CT molecular complexity index is 249. The number of carbonyl (C=O) groups excluding carboxylic acids is 1. The summed E-state index contributed by atoms with van der Waals surface area (Å²) in [5.74, 6) is 0.590. The molecule has 1 saturated carbocycles. The first-order valence-electron chi connectivity index (χ1n) is 6.49. The van der Waals surface area contributed by atoms with Gasteiger partial charge in [-0.2, -0.15) is 0 Å². The van der Waals surface area contributed by atoms with E-state index < -0.39 is 6.04 Å². The highest BCUT2D eigenvalue weighted by molar-refractivity contribution is 5.75. The van der Waals surface area contributed by atoms with Gasteiger partial charge >= 0.3 is 5.97 Å². The molecule has 0 radical (unpaired) electrons. The lowest BCUT2D eigenvalue weighted by molar-refractivity contribution is -0.162. The largest absolute Gasteiger partial charge is 0.458 e. The van der Waals surface area contributed by atoms with Crippen molar-refractivity contribution in [1.82, 2.24) is 0 Å². The van der Waals surface area contributed by atoms with E-state index in [1.165, 1.54) is 12.8 Å². The molecule has 0 aromatic heterocycles. The Morgan fingerprint density at radius 1 is 1.29 bits per heavy atom. The Kier molecular flexibility index (Phi) is 5.40. The lowest BCUT2D eigenvalue weighted by atomic mass is 10.0. The standard InChI is InChI=1S/C13H25NO3/c1-8(2)12(17-13(15)9(3)14)10(4)16-7-11-5-6-11/h8-12H,5-7,14H2,1-4H3/t9-,10-,12+/m0/s1. The zero-order valence-corrected chi connectivity index (χ0v) is 11.3. The Labute approximate surface area is 104 Å². The minimum atomic E-state index is -0.577. The summed E-state index contributed by atoms with van der Waals surface area (Å²) in [6.45, 7) is 8.42. The third-order valence-electron chi connectivity index (χ3n) is 3.04. The first-order chi connectivity index (χ1) is 7.91. The monoisotopic (exact) mass is 243 g/mol. The molecule has 1 rings (SSSR count). The summed E-state index contributed by atoms with van der Waals surface area (Å²) in [4.78, 5) is 11.5. The SMILES string of the molecule is CC(C)[C@@H](OC(=O)[C@H](C)N)[C@H](C)OCC1CC1. The van der Waals surface area contributed by atoms with Crippen LogP contribution in [0, 0.1) is 11.8 Å². The van der Waals surface area contributed by atoms with E-state index in [1.807, 2.05) is 20.8 Å². The molecule has 2 N–H and O–H groups in total. The molecule has 1 aliphatic rings. The third kappa shape index (κ3) is 5.04. The Hall–Kier alpha value is -0.610. The van der Waals surface area contributed by atoms with Crippen LogP contribution in [-0.2, 0) is 14.3 Å². The molecule has 4 heteroatoms. The summed E-state index contributed by atoms with van der Waals surface area (Å²) in [5, 5.41) is 0. The van der Waals surface area contributed by atoms with Crippen LogP contribution in [0.15, 0.2) is 0 Å². The Balaban J connectivity index is 2.41. The van der Waals surface area contributed by atoms with Gasteiger partial charge in [0, 0.05) is 6.61 Å². The molecule has 1 aliphatic carbocycles. The van der Waals surface area contributed by atoms with Crippen LogP contribution in [0.2, 0.25) is 0 Å². The number of hydrogen-bond acceptors (Lipinski definition) is 4. The molecule has 0 amide bonds. The summed E-state index contributed by atoms with van der Waals surface area (Å²) in [5.41, 5.74) is 5.50. The fourth-order valence-corrected chi connectivity index (χ4v) is 1.68. The van der Waals surface area contributed by atoms with Crippen LogP contribution in [0.3, 0.4) is 0 Å². The highest BCUT2D eigenvalue weighted by Crippen LogP contribution is 2.29. The van der Waals surface area contributed by atoms with Crippen LogP contribution in [0.1, 0.15) is 40.5 Å². The van der Waals surface area contributed by atoms with Gasteiger partial charge in [0.25, 0.3) is 0 Å². The van der Waals surface area contributed by atoms with E-state index in [0.717, 1.165) is 12.5 Å².